The number of carbonyl (C=O) groups is 1. The molecule has 0 spiro atoms. The van der Waals surface area contributed by atoms with E-state index in [2.05, 4.69) is 4.98 Å². The molecule has 1 fully saturated rings. The lowest BCUT2D eigenvalue weighted by Gasteiger charge is -2.18. The zero-order chi connectivity index (χ0) is 15.7. The van der Waals surface area contributed by atoms with Gasteiger partial charge in [-0.15, -0.1) is 0 Å². The summed E-state index contributed by atoms with van der Waals surface area (Å²) < 4.78 is 25.3. The summed E-state index contributed by atoms with van der Waals surface area (Å²) in [7, 11) is -3.50. The second-order valence-electron chi connectivity index (χ2n) is 5.23. The Hall–Kier alpha value is -1.54. The monoisotopic (exact) mass is 339 g/mol. The SMILES string of the molecule is CS(=O)(=O)c1nc(C(=O)N2CCCSCC2)c2ccccn12. The molecule has 0 unspecified atom stereocenters. The Balaban J connectivity index is 2.09. The van der Waals surface area contributed by atoms with Gasteiger partial charge in [-0.3, -0.25) is 9.20 Å². The average molecular weight is 339 g/mol. The first-order chi connectivity index (χ1) is 10.5. The molecule has 0 saturated carbocycles. The van der Waals surface area contributed by atoms with Gasteiger partial charge in [0, 0.05) is 31.3 Å². The number of sulfone groups is 1. The average Bonchev–Trinajstić information content (AvgIpc) is 2.67. The van der Waals surface area contributed by atoms with Crippen LogP contribution in [0.25, 0.3) is 5.52 Å². The van der Waals surface area contributed by atoms with E-state index in [1.165, 1.54) is 4.40 Å². The third-order valence-electron chi connectivity index (χ3n) is 3.56. The van der Waals surface area contributed by atoms with Crippen molar-refractivity contribution < 1.29 is 13.2 Å². The molecule has 2 aromatic heterocycles. The van der Waals surface area contributed by atoms with Gasteiger partial charge in [-0.1, -0.05) is 6.07 Å². The van der Waals surface area contributed by atoms with Crippen molar-refractivity contribution in [3.63, 3.8) is 0 Å². The molecule has 1 saturated heterocycles. The van der Waals surface area contributed by atoms with E-state index in [1.807, 2.05) is 11.8 Å². The number of hydrogen-bond acceptors (Lipinski definition) is 5. The normalized spacial score (nSPS) is 16.7. The third-order valence-corrected chi connectivity index (χ3v) is 5.56. The molecule has 3 heterocycles. The molecule has 0 radical (unpaired) electrons. The van der Waals surface area contributed by atoms with Crippen LogP contribution in [-0.4, -0.2) is 59.5 Å². The lowest BCUT2D eigenvalue weighted by atomic mass is 10.3. The largest absolute Gasteiger partial charge is 0.336 e. The predicted octanol–water partition coefficient (Wildman–Crippen LogP) is 1.32. The molecular weight excluding hydrogens is 322 g/mol. The molecule has 1 aliphatic heterocycles. The van der Waals surface area contributed by atoms with Crippen LogP contribution in [0.15, 0.2) is 29.6 Å². The second kappa shape index (κ2) is 5.92. The maximum absolute atomic E-state index is 12.8. The van der Waals surface area contributed by atoms with Gasteiger partial charge in [-0.25, -0.2) is 13.4 Å². The van der Waals surface area contributed by atoms with Gasteiger partial charge in [0.1, 0.15) is 0 Å². The lowest BCUT2D eigenvalue weighted by Crippen LogP contribution is -2.33. The molecule has 6 nitrogen and oxygen atoms in total. The van der Waals surface area contributed by atoms with E-state index >= 15 is 0 Å². The number of hydrogen-bond donors (Lipinski definition) is 0. The minimum absolute atomic E-state index is 0.0874. The first-order valence-corrected chi connectivity index (χ1v) is 10.1. The van der Waals surface area contributed by atoms with Gasteiger partial charge in [-0.05, 0) is 24.3 Å². The quantitative estimate of drug-likeness (QED) is 0.825. The molecule has 0 aromatic carbocycles. The van der Waals surface area contributed by atoms with Crippen molar-refractivity contribution in [2.45, 2.75) is 11.6 Å². The summed E-state index contributed by atoms with van der Waals surface area (Å²) in [4.78, 5) is 18.7. The number of fused-ring (bicyclic) bond motifs is 1. The van der Waals surface area contributed by atoms with Crippen molar-refractivity contribution in [3.8, 4) is 0 Å². The van der Waals surface area contributed by atoms with E-state index in [4.69, 9.17) is 0 Å². The summed E-state index contributed by atoms with van der Waals surface area (Å²) >= 11 is 1.83. The zero-order valence-corrected chi connectivity index (χ0v) is 13.9. The van der Waals surface area contributed by atoms with Crippen molar-refractivity contribution in [2.75, 3.05) is 30.9 Å². The highest BCUT2D eigenvalue weighted by Gasteiger charge is 2.26. The maximum atomic E-state index is 12.8. The predicted molar refractivity (Wildman–Crippen MR) is 86.1 cm³/mol. The molecule has 0 N–H and O–H groups in total. The fourth-order valence-corrected chi connectivity index (χ4v) is 4.19. The van der Waals surface area contributed by atoms with E-state index in [0.29, 0.717) is 18.6 Å². The second-order valence-corrected chi connectivity index (χ2v) is 8.36. The van der Waals surface area contributed by atoms with Crippen LogP contribution in [0.2, 0.25) is 0 Å². The first kappa shape index (κ1) is 15.4. The molecule has 0 atom stereocenters. The Labute approximate surface area is 133 Å². The van der Waals surface area contributed by atoms with Crippen molar-refractivity contribution in [1.29, 1.82) is 0 Å². The maximum Gasteiger partial charge on any atom is 0.274 e. The van der Waals surface area contributed by atoms with Crippen molar-refractivity contribution in [1.82, 2.24) is 14.3 Å². The van der Waals surface area contributed by atoms with Gasteiger partial charge < -0.3 is 4.90 Å². The van der Waals surface area contributed by atoms with E-state index in [9.17, 15) is 13.2 Å². The minimum atomic E-state index is -3.50. The van der Waals surface area contributed by atoms with Crippen LogP contribution >= 0.6 is 11.8 Å². The molecule has 8 heteroatoms. The van der Waals surface area contributed by atoms with Crippen molar-refractivity contribution >= 4 is 33.0 Å². The Morgan fingerprint density at radius 3 is 2.86 bits per heavy atom. The molecule has 22 heavy (non-hydrogen) atoms. The highest BCUT2D eigenvalue weighted by Crippen LogP contribution is 2.20. The standard InChI is InChI=1S/C14H17N3O3S2/c1-22(19,20)14-15-12(11-5-2-3-7-17(11)14)13(18)16-6-4-9-21-10-8-16/h2-3,5,7H,4,6,8-10H2,1H3. The molecule has 1 amide bonds. The first-order valence-electron chi connectivity index (χ1n) is 7.02. The smallest absolute Gasteiger partial charge is 0.274 e. The van der Waals surface area contributed by atoms with Gasteiger partial charge in [0.15, 0.2) is 5.69 Å². The van der Waals surface area contributed by atoms with E-state index in [-0.39, 0.29) is 16.8 Å². The number of thioether (sulfide) groups is 1. The summed E-state index contributed by atoms with van der Waals surface area (Å²) in [6.07, 6.45) is 3.67. The molecular formula is C14H17N3O3S2. The van der Waals surface area contributed by atoms with E-state index < -0.39 is 9.84 Å². The zero-order valence-electron chi connectivity index (χ0n) is 12.2. The summed E-state index contributed by atoms with van der Waals surface area (Å²) in [5.74, 6) is 1.75. The summed E-state index contributed by atoms with van der Waals surface area (Å²) in [5.41, 5.74) is 0.748. The van der Waals surface area contributed by atoms with Gasteiger partial charge in [0.25, 0.3) is 5.91 Å². The van der Waals surface area contributed by atoms with Crippen LogP contribution in [0, 0.1) is 0 Å². The van der Waals surface area contributed by atoms with Gasteiger partial charge in [0.2, 0.25) is 15.0 Å². The number of aromatic nitrogens is 2. The number of pyridine rings is 1. The van der Waals surface area contributed by atoms with Crippen LogP contribution in [0.1, 0.15) is 16.9 Å². The Kier molecular flexibility index (Phi) is 4.14. The number of amides is 1. The van der Waals surface area contributed by atoms with Crippen molar-refractivity contribution in [2.24, 2.45) is 0 Å². The van der Waals surface area contributed by atoms with Gasteiger partial charge in [0.05, 0.1) is 5.52 Å². The van der Waals surface area contributed by atoms with E-state index in [0.717, 1.165) is 24.2 Å². The summed E-state index contributed by atoms with van der Waals surface area (Å²) in [6.45, 7) is 1.36. The van der Waals surface area contributed by atoms with Crippen LogP contribution in [0.4, 0.5) is 0 Å². The Morgan fingerprint density at radius 2 is 2.09 bits per heavy atom. The molecule has 0 aliphatic carbocycles. The lowest BCUT2D eigenvalue weighted by molar-refractivity contribution is 0.0765. The molecule has 0 bridgehead atoms. The number of rotatable bonds is 2. The Bertz CT molecular complexity index is 806. The summed E-state index contributed by atoms with van der Waals surface area (Å²) in [5, 5.41) is -0.0874. The highest BCUT2D eigenvalue weighted by molar-refractivity contribution is 7.99. The Morgan fingerprint density at radius 1 is 1.27 bits per heavy atom. The van der Waals surface area contributed by atoms with E-state index in [1.54, 1.807) is 29.3 Å². The van der Waals surface area contributed by atoms with Gasteiger partial charge >= 0.3 is 0 Å². The topological polar surface area (TPSA) is 71.7 Å². The van der Waals surface area contributed by atoms with Crippen LogP contribution in [-0.2, 0) is 9.84 Å². The number of carbonyl (C=O) groups excluding carboxylic acids is 1. The number of nitrogens with zero attached hydrogens (tertiary/aromatic N) is 3. The van der Waals surface area contributed by atoms with Crippen LogP contribution in [0.5, 0.6) is 0 Å². The third kappa shape index (κ3) is 2.85. The minimum Gasteiger partial charge on any atom is -0.336 e. The fraction of sp³-hybridized carbons (Fsp3) is 0.429. The number of imidazole rings is 1. The van der Waals surface area contributed by atoms with Gasteiger partial charge in [-0.2, -0.15) is 11.8 Å². The summed E-state index contributed by atoms with van der Waals surface area (Å²) in [6, 6.07) is 5.22. The van der Waals surface area contributed by atoms with Crippen LogP contribution < -0.4 is 0 Å². The fourth-order valence-electron chi connectivity index (χ4n) is 2.53. The molecule has 118 valence electrons. The molecule has 3 rings (SSSR count). The molecule has 2 aromatic rings. The molecule has 1 aliphatic rings. The highest BCUT2D eigenvalue weighted by atomic mass is 32.2. The van der Waals surface area contributed by atoms with Crippen molar-refractivity contribution in [3.05, 3.63) is 30.1 Å². The van der Waals surface area contributed by atoms with Crippen LogP contribution in [0.3, 0.4) is 0 Å².